The molecule has 1 rings (SSSR count). The predicted molar refractivity (Wildman–Crippen MR) is 295 cm³/mol. The average Bonchev–Trinajstić information content (AvgIpc) is 3.36. The van der Waals surface area contributed by atoms with Crippen LogP contribution in [0.3, 0.4) is 0 Å². The minimum Gasteiger partial charge on any atom is -0.394 e. The van der Waals surface area contributed by atoms with Gasteiger partial charge in [-0.3, -0.25) is 4.79 Å². The van der Waals surface area contributed by atoms with Crippen molar-refractivity contribution in [2.24, 2.45) is 0 Å². The highest BCUT2D eigenvalue weighted by Crippen LogP contribution is 2.23. The number of allylic oxidation sites excluding steroid dienone is 5. The summed E-state index contributed by atoms with van der Waals surface area (Å²) in [5.41, 5.74) is 0. The quantitative estimate of drug-likeness (QED) is 0.0261. The number of unbranched alkanes of at least 4 members (excludes halogenated alkanes) is 38. The maximum atomic E-state index is 13.1. The van der Waals surface area contributed by atoms with Crippen LogP contribution in [-0.2, 0) is 14.3 Å². The summed E-state index contributed by atoms with van der Waals surface area (Å²) >= 11 is 0. The SMILES string of the molecule is CCCCCCC/C=C\C/C=C\CCCCCCCCCCCCCC(=O)NC(COC1OC(CO)C(O)C(O)C1O)C(O)/C=C/CCCCCCCCCCCCCCCCCCCCCCCC. The average molecular weight is 991 g/mol. The second-order valence-electron chi connectivity index (χ2n) is 21.1. The fourth-order valence-electron chi connectivity index (χ4n) is 9.66. The number of hydrogen-bond acceptors (Lipinski definition) is 8. The summed E-state index contributed by atoms with van der Waals surface area (Å²) in [5.74, 6) is -0.176. The normalized spacial score (nSPS) is 19.6. The van der Waals surface area contributed by atoms with Gasteiger partial charge in [-0.1, -0.05) is 269 Å². The molecule has 0 aliphatic carbocycles. The van der Waals surface area contributed by atoms with Crippen molar-refractivity contribution >= 4 is 5.91 Å². The van der Waals surface area contributed by atoms with Gasteiger partial charge in [0.05, 0.1) is 25.4 Å². The molecule has 0 radical (unpaired) electrons. The third-order valence-corrected chi connectivity index (χ3v) is 14.5. The van der Waals surface area contributed by atoms with Gasteiger partial charge >= 0.3 is 0 Å². The van der Waals surface area contributed by atoms with Gasteiger partial charge in [-0.2, -0.15) is 0 Å². The highest BCUT2D eigenvalue weighted by molar-refractivity contribution is 5.76. The number of carbonyl (C=O) groups is 1. The lowest BCUT2D eigenvalue weighted by atomic mass is 9.99. The molecule has 1 aliphatic rings. The number of ether oxygens (including phenoxy) is 2. The molecular weight excluding hydrogens is 875 g/mol. The van der Waals surface area contributed by atoms with Crippen molar-refractivity contribution in [3.63, 3.8) is 0 Å². The van der Waals surface area contributed by atoms with Gasteiger partial charge in [0.1, 0.15) is 24.4 Å². The number of aliphatic hydroxyl groups is 5. The molecule has 0 saturated carbocycles. The molecular formula is C61H115NO8. The molecule has 70 heavy (non-hydrogen) atoms. The molecule has 9 heteroatoms. The number of carbonyl (C=O) groups excluding carboxylic acids is 1. The Morgan fingerprint density at radius 1 is 0.486 bits per heavy atom. The van der Waals surface area contributed by atoms with E-state index in [2.05, 4.69) is 43.5 Å². The Labute approximate surface area is 431 Å². The molecule has 1 heterocycles. The minimum absolute atomic E-state index is 0.176. The van der Waals surface area contributed by atoms with Crippen molar-refractivity contribution in [3.05, 3.63) is 36.5 Å². The van der Waals surface area contributed by atoms with E-state index in [9.17, 15) is 30.3 Å². The zero-order valence-electron chi connectivity index (χ0n) is 45.8. The lowest BCUT2D eigenvalue weighted by Crippen LogP contribution is -2.60. The van der Waals surface area contributed by atoms with Gasteiger partial charge in [0, 0.05) is 6.42 Å². The Morgan fingerprint density at radius 2 is 0.843 bits per heavy atom. The van der Waals surface area contributed by atoms with Gasteiger partial charge in [-0.15, -0.1) is 0 Å². The summed E-state index contributed by atoms with van der Waals surface area (Å²) < 4.78 is 11.3. The van der Waals surface area contributed by atoms with Gasteiger partial charge in [-0.05, 0) is 51.4 Å². The monoisotopic (exact) mass is 990 g/mol. The molecule has 0 aromatic rings. The standard InChI is InChI=1S/C61H115NO8/c1-3-5-7-9-11-13-15-17-19-21-23-25-27-29-30-32-34-36-38-40-42-44-46-48-50-55(64)54(53-69-61-60(68)59(67)58(66)56(52-63)70-61)62-57(65)51-49-47-45-43-41-39-37-35-33-31-28-26-24-22-20-18-16-14-12-10-8-6-4-2/h16,18,22,24,48,50,54-56,58-61,63-64,66-68H,3-15,17,19-21,23,25-47,49,51-53H2,1-2H3,(H,62,65)/b18-16-,24-22-,50-48+. The Morgan fingerprint density at radius 3 is 1.23 bits per heavy atom. The smallest absolute Gasteiger partial charge is 0.220 e. The van der Waals surface area contributed by atoms with Crippen LogP contribution in [0.15, 0.2) is 36.5 Å². The van der Waals surface area contributed by atoms with Crippen molar-refractivity contribution in [1.82, 2.24) is 5.32 Å². The predicted octanol–water partition coefficient (Wildman–Crippen LogP) is 15.1. The van der Waals surface area contributed by atoms with Crippen molar-refractivity contribution in [3.8, 4) is 0 Å². The molecule has 412 valence electrons. The molecule has 1 aliphatic heterocycles. The molecule has 1 amide bonds. The number of rotatable bonds is 52. The van der Waals surface area contributed by atoms with Crippen LogP contribution >= 0.6 is 0 Å². The van der Waals surface area contributed by atoms with Crippen molar-refractivity contribution in [1.29, 1.82) is 0 Å². The Hall–Kier alpha value is -1.59. The first-order valence-electron chi connectivity index (χ1n) is 30.2. The number of hydrogen-bond donors (Lipinski definition) is 6. The molecule has 6 N–H and O–H groups in total. The van der Waals surface area contributed by atoms with Gasteiger partial charge in [-0.25, -0.2) is 0 Å². The lowest BCUT2D eigenvalue weighted by Gasteiger charge is -2.40. The van der Waals surface area contributed by atoms with Crippen LogP contribution < -0.4 is 5.32 Å². The third kappa shape index (κ3) is 39.9. The fraction of sp³-hybridized carbons (Fsp3) is 0.885. The van der Waals surface area contributed by atoms with E-state index in [4.69, 9.17) is 9.47 Å². The maximum absolute atomic E-state index is 13.1. The van der Waals surface area contributed by atoms with Crippen LogP contribution in [0, 0.1) is 0 Å². The topological polar surface area (TPSA) is 149 Å². The van der Waals surface area contributed by atoms with Gasteiger partial charge < -0.3 is 40.3 Å². The summed E-state index contributed by atoms with van der Waals surface area (Å²) in [4.78, 5) is 13.1. The van der Waals surface area contributed by atoms with Crippen molar-refractivity contribution in [2.45, 2.75) is 333 Å². The van der Waals surface area contributed by atoms with E-state index in [1.54, 1.807) is 6.08 Å². The van der Waals surface area contributed by atoms with E-state index >= 15 is 0 Å². The van der Waals surface area contributed by atoms with Crippen LogP contribution in [0.5, 0.6) is 0 Å². The molecule has 9 nitrogen and oxygen atoms in total. The van der Waals surface area contributed by atoms with Gasteiger partial charge in [0.2, 0.25) is 5.91 Å². The van der Waals surface area contributed by atoms with Crippen molar-refractivity contribution < 1.29 is 39.8 Å². The summed E-state index contributed by atoms with van der Waals surface area (Å²) in [7, 11) is 0. The molecule has 1 fully saturated rings. The largest absolute Gasteiger partial charge is 0.394 e. The van der Waals surface area contributed by atoms with E-state index in [0.717, 1.165) is 44.9 Å². The Kier molecular flexibility index (Phi) is 48.3. The summed E-state index contributed by atoms with van der Waals surface area (Å²) in [6.45, 7) is 3.80. The Bertz CT molecular complexity index is 1190. The first kappa shape index (κ1) is 66.4. The van der Waals surface area contributed by atoms with Gasteiger partial charge in [0.15, 0.2) is 6.29 Å². The highest BCUT2D eigenvalue weighted by Gasteiger charge is 2.44. The van der Waals surface area contributed by atoms with E-state index in [-0.39, 0.29) is 12.5 Å². The lowest BCUT2D eigenvalue weighted by molar-refractivity contribution is -0.302. The maximum Gasteiger partial charge on any atom is 0.220 e. The molecule has 1 saturated heterocycles. The first-order valence-corrected chi connectivity index (χ1v) is 30.2. The highest BCUT2D eigenvalue weighted by atomic mass is 16.7. The third-order valence-electron chi connectivity index (χ3n) is 14.5. The van der Waals surface area contributed by atoms with Gasteiger partial charge in [0.25, 0.3) is 0 Å². The van der Waals surface area contributed by atoms with Crippen LogP contribution in [0.25, 0.3) is 0 Å². The molecule has 0 bridgehead atoms. The second-order valence-corrected chi connectivity index (χ2v) is 21.1. The fourth-order valence-corrected chi connectivity index (χ4v) is 9.66. The van der Waals surface area contributed by atoms with E-state index in [1.165, 1.54) is 225 Å². The van der Waals surface area contributed by atoms with Crippen LogP contribution in [0.1, 0.15) is 290 Å². The molecule has 0 aromatic heterocycles. The van der Waals surface area contributed by atoms with E-state index in [0.29, 0.717) is 6.42 Å². The zero-order valence-corrected chi connectivity index (χ0v) is 45.8. The summed E-state index contributed by atoms with van der Waals surface area (Å²) in [6.07, 6.45) is 59.2. The number of amides is 1. The zero-order chi connectivity index (χ0) is 50.8. The number of aliphatic hydroxyl groups excluding tert-OH is 5. The Balaban J connectivity index is 2.21. The van der Waals surface area contributed by atoms with E-state index in [1.807, 2.05) is 6.08 Å². The minimum atomic E-state index is -1.57. The molecule has 0 spiro atoms. The molecule has 0 aromatic carbocycles. The van der Waals surface area contributed by atoms with E-state index < -0.39 is 49.5 Å². The molecule has 7 unspecified atom stereocenters. The van der Waals surface area contributed by atoms with Crippen LogP contribution in [0.4, 0.5) is 0 Å². The number of nitrogens with one attached hydrogen (secondary N) is 1. The molecule has 7 atom stereocenters. The van der Waals surface area contributed by atoms with Crippen LogP contribution in [0.2, 0.25) is 0 Å². The first-order chi connectivity index (χ1) is 34.3. The van der Waals surface area contributed by atoms with Crippen LogP contribution in [-0.4, -0.2) is 87.5 Å². The summed E-state index contributed by atoms with van der Waals surface area (Å²) in [6, 6.07) is -0.806. The second kappa shape index (κ2) is 50.9. The van der Waals surface area contributed by atoms with Crippen molar-refractivity contribution in [2.75, 3.05) is 13.2 Å². The summed E-state index contributed by atoms with van der Waals surface area (Å²) in [5, 5.41) is 54.6.